The van der Waals surface area contributed by atoms with Gasteiger partial charge in [0.25, 0.3) is 5.91 Å². The Bertz CT molecular complexity index is 760. The standard InChI is InChI=1S/C18H23N5O2/c1-11-14(10-21-23(11)17-4-2-3-5-20-17)18(25)22-15-6-12-8-19-9-13(12)7-16(15)24/h2-5,10,12-13,15-16,19,24H,6-9H2,1H3,(H,22,25)/t12-,13+,15-,16-/m0/s1. The summed E-state index contributed by atoms with van der Waals surface area (Å²) < 4.78 is 1.66. The molecule has 2 aromatic heterocycles. The van der Waals surface area contributed by atoms with E-state index in [1.165, 1.54) is 0 Å². The average Bonchev–Trinajstić information content (AvgIpc) is 3.22. The number of nitrogens with zero attached hydrogens (tertiary/aromatic N) is 3. The first kappa shape index (κ1) is 16.2. The molecule has 4 rings (SSSR count). The number of hydrogen-bond donors (Lipinski definition) is 3. The number of aliphatic hydroxyl groups excluding tert-OH is 1. The molecule has 0 bridgehead atoms. The van der Waals surface area contributed by atoms with Crippen LogP contribution in [0.2, 0.25) is 0 Å². The molecule has 3 heterocycles. The Morgan fingerprint density at radius 2 is 2.12 bits per heavy atom. The fourth-order valence-electron chi connectivity index (χ4n) is 4.04. The van der Waals surface area contributed by atoms with E-state index in [2.05, 4.69) is 20.7 Å². The van der Waals surface area contributed by atoms with Crippen LogP contribution in [0.3, 0.4) is 0 Å². The van der Waals surface area contributed by atoms with Gasteiger partial charge in [0, 0.05) is 6.20 Å². The number of hydrogen-bond acceptors (Lipinski definition) is 5. The van der Waals surface area contributed by atoms with Gasteiger partial charge in [-0.05, 0) is 56.8 Å². The Labute approximate surface area is 146 Å². The maximum absolute atomic E-state index is 12.7. The van der Waals surface area contributed by atoms with Crippen molar-refractivity contribution >= 4 is 5.91 Å². The minimum atomic E-state index is -0.490. The lowest BCUT2D eigenvalue weighted by Crippen LogP contribution is -2.49. The summed E-state index contributed by atoms with van der Waals surface area (Å²) in [5.41, 5.74) is 1.26. The van der Waals surface area contributed by atoms with E-state index in [1.807, 2.05) is 25.1 Å². The SMILES string of the molecule is Cc1c(C(=O)N[C@H]2C[C@H]3CNC[C@H]3C[C@@H]2O)cnn1-c1ccccn1. The summed E-state index contributed by atoms with van der Waals surface area (Å²) >= 11 is 0. The highest BCUT2D eigenvalue weighted by atomic mass is 16.3. The topological polar surface area (TPSA) is 92.1 Å². The van der Waals surface area contributed by atoms with Crippen molar-refractivity contribution in [3.63, 3.8) is 0 Å². The summed E-state index contributed by atoms with van der Waals surface area (Å²) in [6.07, 6.45) is 4.33. The summed E-state index contributed by atoms with van der Waals surface area (Å²) in [5, 5.41) is 21.1. The number of nitrogens with one attached hydrogen (secondary N) is 2. The highest BCUT2D eigenvalue weighted by Gasteiger charge is 2.39. The highest BCUT2D eigenvalue weighted by Crippen LogP contribution is 2.33. The van der Waals surface area contributed by atoms with Gasteiger partial charge in [0.05, 0.1) is 29.6 Å². The van der Waals surface area contributed by atoms with Gasteiger partial charge in [-0.2, -0.15) is 5.10 Å². The van der Waals surface area contributed by atoms with Crippen molar-refractivity contribution < 1.29 is 9.90 Å². The van der Waals surface area contributed by atoms with Gasteiger partial charge in [-0.3, -0.25) is 4.79 Å². The van der Waals surface area contributed by atoms with Crippen LogP contribution in [0.25, 0.3) is 5.82 Å². The van der Waals surface area contributed by atoms with Crippen LogP contribution in [0.4, 0.5) is 0 Å². The second-order valence-electron chi connectivity index (χ2n) is 7.04. The Hall–Kier alpha value is -2.25. The van der Waals surface area contributed by atoms with E-state index < -0.39 is 6.10 Å². The third-order valence-corrected chi connectivity index (χ3v) is 5.48. The normalized spacial score (nSPS) is 28.6. The molecule has 2 fully saturated rings. The van der Waals surface area contributed by atoms with Gasteiger partial charge in [0.1, 0.15) is 0 Å². The molecule has 1 amide bonds. The predicted molar refractivity (Wildman–Crippen MR) is 92.4 cm³/mol. The van der Waals surface area contributed by atoms with E-state index >= 15 is 0 Å². The minimum Gasteiger partial charge on any atom is -0.391 e. The van der Waals surface area contributed by atoms with Crippen molar-refractivity contribution in [1.29, 1.82) is 0 Å². The lowest BCUT2D eigenvalue weighted by atomic mass is 9.77. The minimum absolute atomic E-state index is 0.187. The summed E-state index contributed by atoms with van der Waals surface area (Å²) in [6, 6.07) is 5.37. The van der Waals surface area contributed by atoms with Gasteiger partial charge >= 0.3 is 0 Å². The monoisotopic (exact) mass is 341 g/mol. The molecular formula is C18H23N5O2. The number of pyridine rings is 1. The van der Waals surface area contributed by atoms with Crippen molar-refractivity contribution in [2.75, 3.05) is 13.1 Å². The molecule has 3 N–H and O–H groups in total. The van der Waals surface area contributed by atoms with Gasteiger partial charge in [-0.15, -0.1) is 0 Å². The molecule has 132 valence electrons. The molecule has 0 radical (unpaired) electrons. The molecule has 0 unspecified atom stereocenters. The smallest absolute Gasteiger partial charge is 0.255 e. The number of aromatic nitrogens is 3. The molecule has 7 nitrogen and oxygen atoms in total. The highest BCUT2D eigenvalue weighted by molar-refractivity contribution is 5.95. The van der Waals surface area contributed by atoms with Crippen LogP contribution in [0.15, 0.2) is 30.6 Å². The van der Waals surface area contributed by atoms with Crippen LogP contribution in [-0.2, 0) is 0 Å². The van der Waals surface area contributed by atoms with Gasteiger partial charge in [-0.25, -0.2) is 9.67 Å². The van der Waals surface area contributed by atoms with E-state index in [0.717, 1.165) is 31.6 Å². The number of rotatable bonds is 3. The van der Waals surface area contributed by atoms with E-state index in [4.69, 9.17) is 0 Å². The number of aliphatic hydroxyl groups is 1. The first-order chi connectivity index (χ1) is 12.1. The first-order valence-corrected chi connectivity index (χ1v) is 8.79. The van der Waals surface area contributed by atoms with Crippen molar-refractivity contribution in [2.45, 2.75) is 31.9 Å². The van der Waals surface area contributed by atoms with Crippen LogP contribution in [0, 0.1) is 18.8 Å². The molecule has 1 saturated carbocycles. The zero-order valence-corrected chi connectivity index (χ0v) is 14.2. The molecule has 7 heteroatoms. The third-order valence-electron chi connectivity index (χ3n) is 5.48. The molecule has 4 atom stereocenters. The van der Waals surface area contributed by atoms with Crippen molar-refractivity contribution in [3.8, 4) is 5.82 Å². The van der Waals surface area contributed by atoms with E-state index in [1.54, 1.807) is 17.1 Å². The maximum atomic E-state index is 12.7. The van der Waals surface area contributed by atoms with E-state index in [0.29, 0.717) is 23.2 Å². The lowest BCUT2D eigenvalue weighted by molar-refractivity contribution is 0.0462. The van der Waals surface area contributed by atoms with Crippen LogP contribution in [-0.4, -0.2) is 51.0 Å². The molecule has 25 heavy (non-hydrogen) atoms. The molecule has 1 aliphatic heterocycles. The van der Waals surface area contributed by atoms with Crippen molar-refractivity contribution in [3.05, 3.63) is 41.9 Å². The van der Waals surface area contributed by atoms with Gasteiger partial charge in [-0.1, -0.05) is 6.07 Å². The molecule has 1 saturated heterocycles. The zero-order valence-electron chi connectivity index (χ0n) is 14.2. The number of fused-ring (bicyclic) bond motifs is 1. The van der Waals surface area contributed by atoms with Crippen LogP contribution >= 0.6 is 0 Å². The Kier molecular flexibility index (Phi) is 4.27. The summed E-state index contributed by atoms with van der Waals surface area (Å²) in [7, 11) is 0. The second-order valence-corrected chi connectivity index (χ2v) is 7.04. The first-order valence-electron chi connectivity index (χ1n) is 8.79. The maximum Gasteiger partial charge on any atom is 0.255 e. The quantitative estimate of drug-likeness (QED) is 0.763. The van der Waals surface area contributed by atoms with Crippen molar-refractivity contribution in [1.82, 2.24) is 25.4 Å². The lowest BCUT2D eigenvalue weighted by Gasteiger charge is -2.35. The summed E-state index contributed by atoms with van der Waals surface area (Å²) in [4.78, 5) is 17.0. The van der Waals surface area contributed by atoms with Gasteiger partial charge < -0.3 is 15.7 Å². The fourth-order valence-corrected chi connectivity index (χ4v) is 4.04. The van der Waals surface area contributed by atoms with Crippen molar-refractivity contribution in [2.24, 2.45) is 11.8 Å². The summed E-state index contributed by atoms with van der Waals surface area (Å²) in [5.74, 6) is 1.55. The molecule has 0 spiro atoms. The van der Waals surface area contributed by atoms with Gasteiger partial charge in [0.2, 0.25) is 0 Å². The number of carbonyl (C=O) groups is 1. The predicted octanol–water partition coefficient (Wildman–Crippen LogP) is 0.664. The molecule has 2 aliphatic rings. The van der Waals surface area contributed by atoms with Crippen LogP contribution < -0.4 is 10.6 Å². The number of carbonyl (C=O) groups excluding carboxylic acids is 1. The van der Waals surface area contributed by atoms with E-state index in [9.17, 15) is 9.90 Å². The van der Waals surface area contributed by atoms with Crippen LogP contribution in [0.5, 0.6) is 0 Å². The zero-order chi connectivity index (χ0) is 17.4. The van der Waals surface area contributed by atoms with Gasteiger partial charge in [0.15, 0.2) is 5.82 Å². The average molecular weight is 341 g/mol. The molecule has 0 aromatic carbocycles. The Morgan fingerprint density at radius 3 is 2.88 bits per heavy atom. The second kappa shape index (κ2) is 6.57. The molecule has 1 aliphatic carbocycles. The fraction of sp³-hybridized carbons (Fsp3) is 0.500. The molecular weight excluding hydrogens is 318 g/mol. The molecule has 2 aromatic rings. The Morgan fingerprint density at radius 1 is 1.32 bits per heavy atom. The number of amides is 1. The summed E-state index contributed by atoms with van der Waals surface area (Å²) in [6.45, 7) is 3.80. The van der Waals surface area contributed by atoms with E-state index in [-0.39, 0.29) is 11.9 Å². The largest absolute Gasteiger partial charge is 0.391 e. The van der Waals surface area contributed by atoms with Crippen LogP contribution in [0.1, 0.15) is 28.9 Å². The Balaban J connectivity index is 1.49. The third kappa shape index (κ3) is 3.05.